The molecule has 1 aromatic heterocycles. The molecule has 0 radical (unpaired) electrons. The second-order valence-corrected chi connectivity index (χ2v) is 5.09. The summed E-state index contributed by atoms with van der Waals surface area (Å²) in [6.45, 7) is 4.51. The van der Waals surface area contributed by atoms with Gasteiger partial charge in [0.25, 0.3) is 0 Å². The zero-order chi connectivity index (χ0) is 11.8. The van der Waals surface area contributed by atoms with Gasteiger partial charge in [-0.1, -0.05) is 0 Å². The summed E-state index contributed by atoms with van der Waals surface area (Å²) in [6, 6.07) is 4.59. The Morgan fingerprint density at radius 3 is 2.82 bits per heavy atom. The summed E-state index contributed by atoms with van der Waals surface area (Å²) in [6.07, 6.45) is 2.50. The Morgan fingerprint density at radius 2 is 2.06 bits per heavy atom. The van der Waals surface area contributed by atoms with Crippen LogP contribution >= 0.6 is 0 Å². The van der Waals surface area contributed by atoms with Gasteiger partial charge >= 0.3 is 0 Å². The minimum absolute atomic E-state index is 0.712. The highest BCUT2D eigenvalue weighted by Crippen LogP contribution is 2.29. The number of fused-ring (bicyclic) bond motifs is 1. The maximum absolute atomic E-state index is 4.29. The third kappa shape index (κ3) is 1.87. The molecule has 2 aromatic rings. The molecule has 2 heterocycles. The summed E-state index contributed by atoms with van der Waals surface area (Å²) in [5.74, 6) is 0.712. The zero-order valence-electron chi connectivity index (χ0n) is 10.5. The van der Waals surface area contributed by atoms with Crippen LogP contribution in [-0.4, -0.2) is 31.1 Å². The van der Waals surface area contributed by atoms with Crippen molar-refractivity contribution in [2.45, 2.75) is 25.7 Å². The highest BCUT2D eigenvalue weighted by molar-refractivity contribution is 6.37. The molecule has 2 N–H and O–H groups in total. The minimum Gasteiger partial charge on any atom is -0.317 e. The van der Waals surface area contributed by atoms with Gasteiger partial charge in [0, 0.05) is 11.0 Å². The summed E-state index contributed by atoms with van der Waals surface area (Å²) in [4.78, 5) is 0. The van der Waals surface area contributed by atoms with Gasteiger partial charge in [0.1, 0.15) is 0 Å². The van der Waals surface area contributed by atoms with Gasteiger partial charge in [0.15, 0.2) is 7.85 Å². The van der Waals surface area contributed by atoms with Crippen molar-refractivity contribution in [2.24, 2.45) is 0 Å². The molecule has 0 saturated carbocycles. The van der Waals surface area contributed by atoms with Gasteiger partial charge in [-0.3, -0.25) is 5.10 Å². The van der Waals surface area contributed by atoms with Crippen LogP contribution in [0.1, 0.15) is 29.9 Å². The number of piperidine rings is 1. The highest BCUT2D eigenvalue weighted by atomic mass is 15.1. The fourth-order valence-corrected chi connectivity index (χ4v) is 2.89. The molecule has 0 aliphatic carbocycles. The Hall–Kier alpha value is -1.29. The molecule has 1 aromatic carbocycles. The van der Waals surface area contributed by atoms with Crippen LogP contribution in [0, 0.1) is 6.92 Å². The number of nitrogens with one attached hydrogen (secondary N) is 2. The van der Waals surface area contributed by atoms with E-state index in [0.29, 0.717) is 5.92 Å². The monoisotopic (exact) mass is 227 g/mol. The van der Waals surface area contributed by atoms with Crippen LogP contribution < -0.4 is 10.9 Å². The third-order valence-electron chi connectivity index (χ3n) is 3.92. The van der Waals surface area contributed by atoms with Gasteiger partial charge in [0.05, 0.1) is 5.52 Å². The maximum Gasteiger partial charge on any atom is 0.167 e. The topological polar surface area (TPSA) is 40.7 Å². The van der Waals surface area contributed by atoms with Crippen LogP contribution in [0.4, 0.5) is 0 Å². The number of rotatable bonds is 1. The van der Waals surface area contributed by atoms with E-state index in [9.17, 15) is 0 Å². The number of hydrogen-bond acceptors (Lipinski definition) is 2. The molecule has 1 fully saturated rings. The van der Waals surface area contributed by atoms with Gasteiger partial charge in [-0.25, -0.2) is 0 Å². The molecule has 0 amide bonds. The predicted molar refractivity (Wildman–Crippen MR) is 73.9 cm³/mol. The summed E-state index contributed by atoms with van der Waals surface area (Å²) < 4.78 is 0. The van der Waals surface area contributed by atoms with Gasteiger partial charge in [-0.05, 0) is 62.0 Å². The van der Waals surface area contributed by atoms with E-state index in [4.69, 9.17) is 0 Å². The molecule has 1 aliphatic heterocycles. The van der Waals surface area contributed by atoms with Crippen molar-refractivity contribution in [3.63, 3.8) is 0 Å². The predicted octanol–water partition coefficient (Wildman–Crippen LogP) is 0.597. The normalized spacial score (nSPS) is 17.7. The standard InChI is InChI=1S/C13H18BN3/c1-8-6-11-12(16-17-13(11)14)7-10(8)9-2-4-15-5-3-9/h6-7,9,15H,2-5,14H2,1H3,(H,16,17). The van der Waals surface area contributed by atoms with E-state index < -0.39 is 0 Å². The molecule has 0 spiro atoms. The number of nitrogens with zero attached hydrogens (tertiary/aromatic N) is 1. The molecular formula is C13H18BN3. The summed E-state index contributed by atoms with van der Waals surface area (Å²) >= 11 is 0. The Morgan fingerprint density at radius 1 is 1.29 bits per heavy atom. The van der Waals surface area contributed by atoms with Gasteiger partial charge in [-0.2, -0.15) is 5.10 Å². The first-order valence-electron chi connectivity index (χ1n) is 6.41. The Bertz CT molecular complexity index is 541. The van der Waals surface area contributed by atoms with E-state index in [0.717, 1.165) is 18.7 Å². The third-order valence-corrected chi connectivity index (χ3v) is 3.92. The second-order valence-electron chi connectivity index (χ2n) is 5.09. The number of H-pyrrole nitrogens is 1. The van der Waals surface area contributed by atoms with E-state index in [2.05, 4.69) is 42.4 Å². The van der Waals surface area contributed by atoms with Crippen LogP contribution in [-0.2, 0) is 0 Å². The fraction of sp³-hybridized carbons (Fsp3) is 0.462. The maximum atomic E-state index is 4.29. The number of hydrogen-bond donors (Lipinski definition) is 2. The van der Waals surface area contributed by atoms with Crippen molar-refractivity contribution >= 4 is 24.3 Å². The van der Waals surface area contributed by atoms with E-state index >= 15 is 0 Å². The molecule has 3 nitrogen and oxygen atoms in total. The molecule has 3 rings (SSSR count). The number of aromatic amines is 1. The van der Waals surface area contributed by atoms with Gasteiger partial charge in [-0.15, -0.1) is 0 Å². The zero-order valence-corrected chi connectivity index (χ0v) is 10.5. The van der Waals surface area contributed by atoms with Crippen LogP contribution in [0.15, 0.2) is 12.1 Å². The summed E-state index contributed by atoms with van der Waals surface area (Å²) in [5, 5.41) is 12.1. The molecule has 88 valence electrons. The van der Waals surface area contributed by atoms with Crippen molar-refractivity contribution in [3.05, 3.63) is 23.3 Å². The van der Waals surface area contributed by atoms with Gasteiger partial charge in [0.2, 0.25) is 0 Å². The smallest absolute Gasteiger partial charge is 0.167 e. The van der Waals surface area contributed by atoms with Crippen LogP contribution in [0.25, 0.3) is 10.9 Å². The molecule has 17 heavy (non-hydrogen) atoms. The first kappa shape index (κ1) is 10.8. The number of benzene rings is 1. The Kier molecular flexibility index (Phi) is 2.67. The van der Waals surface area contributed by atoms with Crippen LogP contribution in [0.3, 0.4) is 0 Å². The molecule has 4 heteroatoms. The highest BCUT2D eigenvalue weighted by Gasteiger charge is 2.18. The summed E-state index contributed by atoms with van der Waals surface area (Å²) in [7, 11) is 2.06. The van der Waals surface area contributed by atoms with E-state index in [1.807, 2.05) is 0 Å². The average Bonchev–Trinajstić information content (AvgIpc) is 2.71. The van der Waals surface area contributed by atoms with Gasteiger partial charge < -0.3 is 5.32 Å². The minimum atomic E-state index is 0.712. The Balaban J connectivity index is 2.06. The molecular weight excluding hydrogens is 209 g/mol. The van der Waals surface area contributed by atoms with Crippen molar-refractivity contribution in [1.82, 2.24) is 15.5 Å². The van der Waals surface area contributed by atoms with E-state index in [1.54, 1.807) is 0 Å². The second kappa shape index (κ2) is 4.19. The SMILES string of the molecule is Bc1n[nH]c2cc(C3CCNCC3)c(C)cc12. The lowest BCUT2D eigenvalue weighted by Crippen LogP contribution is -2.26. The first-order valence-corrected chi connectivity index (χ1v) is 6.41. The van der Waals surface area contributed by atoms with Crippen LogP contribution in [0.5, 0.6) is 0 Å². The fourth-order valence-electron chi connectivity index (χ4n) is 2.89. The van der Waals surface area contributed by atoms with E-state index in [1.165, 1.54) is 34.9 Å². The summed E-state index contributed by atoms with van der Waals surface area (Å²) in [5.41, 5.74) is 5.19. The molecule has 1 saturated heterocycles. The number of aromatic nitrogens is 2. The van der Waals surface area contributed by atoms with Crippen molar-refractivity contribution < 1.29 is 0 Å². The van der Waals surface area contributed by atoms with Crippen molar-refractivity contribution in [2.75, 3.05) is 13.1 Å². The molecule has 0 unspecified atom stereocenters. The van der Waals surface area contributed by atoms with Crippen molar-refractivity contribution in [3.8, 4) is 0 Å². The van der Waals surface area contributed by atoms with Crippen molar-refractivity contribution in [1.29, 1.82) is 0 Å². The quantitative estimate of drug-likeness (QED) is 0.700. The lowest BCUT2D eigenvalue weighted by molar-refractivity contribution is 0.459. The Labute approximate surface area is 102 Å². The molecule has 0 bridgehead atoms. The largest absolute Gasteiger partial charge is 0.317 e. The number of aryl methyl sites for hydroxylation is 1. The lowest BCUT2D eigenvalue weighted by Gasteiger charge is -2.24. The lowest BCUT2D eigenvalue weighted by atomic mass is 9.86. The molecule has 0 atom stereocenters. The average molecular weight is 227 g/mol. The van der Waals surface area contributed by atoms with E-state index in [-0.39, 0.29) is 0 Å². The first-order chi connectivity index (χ1) is 8.25. The molecule has 1 aliphatic rings. The van der Waals surface area contributed by atoms with Crippen LogP contribution in [0.2, 0.25) is 0 Å².